The van der Waals surface area contributed by atoms with Crippen molar-refractivity contribution in [2.45, 2.75) is 57.6 Å². The SMILES string of the molecule is Cc1nc(SCC(=O)OC(C)(C)C)c2cc(C#CCNC(=O)COCCN3CCN(CC4CCN(CC(=O)N5CCN(C(=O)c6cc(Cc7n[nH]c(=O)c8ccccc78)ccc6F)CC5)CC4)CC3)sc2n1. The van der Waals surface area contributed by atoms with Gasteiger partial charge in [-0.25, -0.2) is 19.5 Å². The highest BCUT2D eigenvalue weighted by atomic mass is 32.2. The number of aromatic nitrogens is 4. The summed E-state index contributed by atoms with van der Waals surface area (Å²) in [5, 5.41) is 12.3. The van der Waals surface area contributed by atoms with E-state index in [1.165, 1.54) is 29.2 Å². The largest absolute Gasteiger partial charge is 0.459 e. The fraction of sp³-hybridized carbons (Fsp3) is 0.500. The molecule has 3 amide bonds. The van der Waals surface area contributed by atoms with Crippen LogP contribution in [0.5, 0.6) is 0 Å². The van der Waals surface area contributed by atoms with Gasteiger partial charge in [0.05, 0.1) is 47.0 Å². The normalized spacial score (nSPS) is 16.5. The first kappa shape index (κ1) is 52.5. The highest BCUT2D eigenvalue weighted by molar-refractivity contribution is 8.00. The molecule has 72 heavy (non-hydrogen) atoms. The fourth-order valence-electron chi connectivity index (χ4n) is 9.20. The molecule has 3 aliphatic heterocycles. The van der Waals surface area contributed by atoms with E-state index < -0.39 is 17.3 Å². The summed E-state index contributed by atoms with van der Waals surface area (Å²) in [6, 6.07) is 13.6. The van der Waals surface area contributed by atoms with Gasteiger partial charge in [-0.1, -0.05) is 47.9 Å². The number of aryl methyl sites for hydroxylation is 1. The molecule has 0 saturated carbocycles. The summed E-state index contributed by atoms with van der Waals surface area (Å²) in [6.07, 6.45) is 2.39. The number of amides is 3. The van der Waals surface area contributed by atoms with Gasteiger partial charge >= 0.3 is 5.97 Å². The molecule has 0 atom stereocenters. The maximum atomic E-state index is 15.1. The molecule has 0 bridgehead atoms. The first-order valence-corrected chi connectivity index (χ1v) is 26.4. The van der Waals surface area contributed by atoms with Crippen molar-refractivity contribution in [3.8, 4) is 11.8 Å². The van der Waals surface area contributed by atoms with Gasteiger partial charge in [0, 0.05) is 82.6 Å². The van der Waals surface area contributed by atoms with Crippen molar-refractivity contribution in [3.63, 3.8) is 0 Å². The van der Waals surface area contributed by atoms with E-state index in [4.69, 9.17) is 9.47 Å². The molecule has 2 N–H and O–H groups in total. The van der Waals surface area contributed by atoms with Crippen LogP contribution in [0.15, 0.2) is 58.4 Å². The summed E-state index contributed by atoms with van der Waals surface area (Å²) in [6.45, 7) is 17.1. The lowest BCUT2D eigenvalue weighted by Gasteiger charge is -2.39. The van der Waals surface area contributed by atoms with Crippen LogP contribution in [0.1, 0.15) is 65.9 Å². The molecule has 382 valence electrons. The molecule has 20 heteroatoms. The van der Waals surface area contributed by atoms with Crippen molar-refractivity contribution in [1.29, 1.82) is 0 Å². The molecule has 0 aliphatic carbocycles. The van der Waals surface area contributed by atoms with Crippen LogP contribution in [0.25, 0.3) is 21.0 Å². The zero-order valence-corrected chi connectivity index (χ0v) is 43.1. The number of fused-ring (bicyclic) bond motifs is 2. The van der Waals surface area contributed by atoms with E-state index in [-0.39, 0.29) is 47.8 Å². The minimum absolute atomic E-state index is 0.0169. The first-order valence-electron chi connectivity index (χ1n) is 24.6. The van der Waals surface area contributed by atoms with Gasteiger partial charge in [-0.15, -0.1) is 11.3 Å². The standard InChI is InChI=1S/C52H63FN10O7S2/c1-35-55-49(71-34-47(66)70-52(2,3)4)42-30-38(72-50(42)56-35)8-7-15-54-45(64)33-69-27-26-59-18-20-61(21-19-59)31-36-13-16-60(17-14-36)32-46(65)62-22-24-63(25-23-62)51(68)41-28-37(11-12-43(41)53)29-44-39-9-5-6-10-40(39)48(67)58-57-44/h5-6,9-12,28,30,36H,13-27,29,31-34H2,1-4H3,(H,54,64)(H,58,67). The van der Waals surface area contributed by atoms with E-state index in [1.807, 2.05) is 50.8 Å². The Balaban J connectivity index is 0.671. The third kappa shape index (κ3) is 14.4. The molecule has 3 saturated heterocycles. The summed E-state index contributed by atoms with van der Waals surface area (Å²) in [5.41, 5.74) is 0.476. The van der Waals surface area contributed by atoms with Crippen LogP contribution in [0, 0.1) is 30.5 Å². The highest BCUT2D eigenvalue weighted by Crippen LogP contribution is 2.32. The number of nitrogens with zero attached hydrogens (tertiary/aromatic N) is 8. The van der Waals surface area contributed by atoms with Crippen molar-refractivity contribution in [2.75, 3.05) is 111 Å². The number of nitrogens with one attached hydrogen (secondary N) is 2. The van der Waals surface area contributed by atoms with Crippen LogP contribution in [0.2, 0.25) is 0 Å². The van der Waals surface area contributed by atoms with E-state index in [0.29, 0.717) is 84.5 Å². The summed E-state index contributed by atoms with van der Waals surface area (Å²) in [5.74, 6) is 5.96. The number of likely N-dealkylation sites (tertiary alicyclic amines) is 1. The van der Waals surface area contributed by atoms with E-state index in [1.54, 1.807) is 29.2 Å². The summed E-state index contributed by atoms with van der Waals surface area (Å²) in [4.78, 5) is 85.1. The third-order valence-electron chi connectivity index (χ3n) is 13.0. The molecule has 0 unspecified atom stereocenters. The number of carbonyl (C=O) groups is 4. The first-order chi connectivity index (χ1) is 34.6. The van der Waals surface area contributed by atoms with Crippen LogP contribution in [-0.2, 0) is 30.3 Å². The summed E-state index contributed by atoms with van der Waals surface area (Å²) < 4.78 is 26.2. The number of H-pyrrole nitrogens is 1. The number of thioether (sulfide) groups is 1. The van der Waals surface area contributed by atoms with E-state index in [2.05, 4.69) is 52.0 Å². The molecule has 8 rings (SSSR count). The Morgan fingerprint density at radius 1 is 0.889 bits per heavy atom. The minimum atomic E-state index is -0.601. The smallest absolute Gasteiger partial charge is 0.316 e. The van der Waals surface area contributed by atoms with Gasteiger partial charge in [0.1, 0.15) is 33.7 Å². The molecular formula is C52H63FN10O7S2. The number of rotatable bonds is 16. The Morgan fingerprint density at radius 2 is 1.61 bits per heavy atom. The Labute approximate surface area is 427 Å². The van der Waals surface area contributed by atoms with Crippen LogP contribution < -0.4 is 10.9 Å². The Bertz CT molecular complexity index is 2870. The Hall–Kier alpha value is -5.82. The van der Waals surface area contributed by atoms with E-state index in [0.717, 1.165) is 80.3 Å². The van der Waals surface area contributed by atoms with Crippen molar-refractivity contribution >= 4 is 67.8 Å². The van der Waals surface area contributed by atoms with Gasteiger partial charge in [0.25, 0.3) is 11.5 Å². The van der Waals surface area contributed by atoms with Crippen LogP contribution in [-0.4, -0.2) is 185 Å². The monoisotopic (exact) mass is 1020 g/mol. The number of piperidine rings is 1. The molecule has 6 heterocycles. The predicted octanol–water partition coefficient (Wildman–Crippen LogP) is 4.20. The lowest BCUT2D eigenvalue weighted by Crippen LogP contribution is -2.53. The average molecular weight is 1020 g/mol. The summed E-state index contributed by atoms with van der Waals surface area (Å²) in [7, 11) is 0. The number of hydrogen-bond acceptors (Lipinski definition) is 15. The molecule has 5 aromatic rings. The van der Waals surface area contributed by atoms with Crippen molar-refractivity contribution < 1.29 is 33.0 Å². The molecule has 17 nitrogen and oxygen atoms in total. The van der Waals surface area contributed by atoms with E-state index >= 15 is 4.39 Å². The number of carbonyl (C=O) groups excluding carboxylic acids is 4. The van der Waals surface area contributed by atoms with Gasteiger partial charge in [0.15, 0.2) is 0 Å². The Morgan fingerprint density at radius 3 is 2.36 bits per heavy atom. The van der Waals surface area contributed by atoms with Gasteiger partial charge in [-0.2, -0.15) is 5.10 Å². The number of esters is 1. The fourth-order valence-corrected chi connectivity index (χ4v) is 11.0. The van der Waals surface area contributed by atoms with Gasteiger partial charge < -0.3 is 29.5 Å². The Kier molecular flexibility index (Phi) is 17.7. The zero-order chi connectivity index (χ0) is 50.8. The lowest BCUT2D eigenvalue weighted by atomic mass is 9.96. The number of halogens is 1. The molecule has 3 aromatic heterocycles. The molecule has 3 fully saturated rings. The van der Waals surface area contributed by atoms with Gasteiger partial charge in [-0.3, -0.25) is 33.8 Å². The number of thiophene rings is 1. The highest BCUT2D eigenvalue weighted by Gasteiger charge is 2.30. The topological polar surface area (TPSA) is 186 Å². The summed E-state index contributed by atoms with van der Waals surface area (Å²) >= 11 is 2.76. The third-order valence-corrected chi connectivity index (χ3v) is 14.9. The maximum Gasteiger partial charge on any atom is 0.316 e. The number of hydrogen-bond donors (Lipinski definition) is 2. The molecule has 2 aromatic carbocycles. The predicted molar refractivity (Wildman–Crippen MR) is 276 cm³/mol. The lowest BCUT2D eigenvalue weighted by molar-refractivity contribution is -0.151. The van der Waals surface area contributed by atoms with Crippen LogP contribution in [0.3, 0.4) is 0 Å². The quantitative estimate of drug-likeness (QED) is 0.0471. The molecule has 3 aliphatic rings. The van der Waals surface area contributed by atoms with Gasteiger partial charge in [0.2, 0.25) is 11.8 Å². The molecular weight excluding hydrogens is 960 g/mol. The minimum Gasteiger partial charge on any atom is -0.459 e. The number of benzene rings is 2. The molecule has 0 radical (unpaired) electrons. The average Bonchev–Trinajstić information content (AvgIpc) is 3.78. The van der Waals surface area contributed by atoms with Crippen molar-refractivity contribution in [3.05, 3.63) is 92.2 Å². The molecule has 0 spiro atoms. The maximum absolute atomic E-state index is 15.1. The number of ether oxygens (including phenoxy) is 2. The second kappa shape index (κ2) is 24.3. The van der Waals surface area contributed by atoms with Crippen LogP contribution in [0.4, 0.5) is 4.39 Å². The van der Waals surface area contributed by atoms with Gasteiger partial charge in [-0.05, 0) is 89.4 Å². The number of piperazine rings is 2. The van der Waals surface area contributed by atoms with Crippen molar-refractivity contribution in [2.24, 2.45) is 5.92 Å². The zero-order valence-electron chi connectivity index (χ0n) is 41.5. The van der Waals surface area contributed by atoms with Crippen molar-refractivity contribution in [1.82, 2.24) is 50.0 Å². The van der Waals surface area contributed by atoms with E-state index in [9.17, 15) is 24.0 Å². The second-order valence-electron chi connectivity index (χ2n) is 19.5. The van der Waals surface area contributed by atoms with Crippen LogP contribution >= 0.6 is 23.1 Å². The second-order valence-corrected chi connectivity index (χ2v) is 21.5. The number of aromatic amines is 1.